The first-order valence-electron chi connectivity index (χ1n) is 5.20. The molecule has 2 aromatic heterocycles. The molecule has 0 saturated carbocycles. The molecule has 0 radical (unpaired) electrons. The molecule has 0 saturated heterocycles. The van der Waals surface area contributed by atoms with Crippen LogP contribution >= 0.6 is 11.3 Å². The van der Waals surface area contributed by atoms with Crippen molar-refractivity contribution < 1.29 is 0 Å². The molecule has 0 amide bonds. The summed E-state index contributed by atoms with van der Waals surface area (Å²) in [5.41, 5.74) is 0. The first-order valence-corrected chi connectivity index (χ1v) is 6.02. The summed E-state index contributed by atoms with van der Waals surface area (Å²) in [6, 6.07) is 0. The zero-order valence-corrected chi connectivity index (χ0v) is 10.3. The maximum atomic E-state index is 4.21. The molecule has 0 aliphatic carbocycles. The largest absolute Gasteiger partial charge is 0.311 e. The Balaban J connectivity index is 1.71. The zero-order valence-electron chi connectivity index (χ0n) is 9.47. The summed E-state index contributed by atoms with van der Waals surface area (Å²) in [5.74, 6) is 1.01. The van der Waals surface area contributed by atoms with E-state index in [1.54, 1.807) is 22.3 Å². The molecular weight excluding hydrogens is 222 g/mol. The quantitative estimate of drug-likeness (QED) is 0.785. The van der Waals surface area contributed by atoms with Gasteiger partial charge >= 0.3 is 0 Å². The van der Waals surface area contributed by atoms with Gasteiger partial charge in [0.1, 0.15) is 12.2 Å². The van der Waals surface area contributed by atoms with Crippen LogP contribution in [0.2, 0.25) is 0 Å². The highest BCUT2D eigenvalue weighted by Crippen LogP contribution is 2.10. The predicted octanol–water partition coefficient (Wildman–Crippen LogP) is 0.912. The summed E-state index contributed by atoms with van der Waals surface area (Å²) in [5, 5.41) is 8.51. The lowest BCUT2D eigenvalue weighted by Gasteiger charge is -2.02. The average molecular weight is 237 g/mol. The number of aryl methyl sites for hydroxylation is 2. The Hall–Kier alpha value is -1.27. The first-order chi connectivity index (χ1) is 7.75. The Kier molecular flexibility index (Phi) is 3.63. The van der Waals surface area contributed by atoms with Crippen LogP contribution in [-0.4, -0.2) is 26.3 Å². The van der Waals surface area contributed by atoms with Gasteiger partial charge in [0.05, 0.1) is 5.01 Å². The molecular formula is C10H15N5S. The molecule has 0 fully saturated rings. The highest BCUT2D eigenvalue weighted by Gasteiger charge is 2.00. The van der Waals surface area contributed by atoms with E-state index >= 15 is 0 Å². The predicted molar refractivity (Wildman–Crippen MR) is 63.3 cm³/mol. The fraction of sp³-hybridized carbons (Fsp3) is 0.500. The minimum Gasteiger partial charge on any atom is -0.311 e. The van der Waals surface area contributed by atoms with Gasteiger partial charge in [-0.15, -0.1) is 11.3 Å². The van der Waals surface area contributed by atoms with Crippen molar-refractivity contribution in [2.45, 2.75) is 19.9 Å². The molecule has 5 nitrogen and oxygen atoms in total. The lowest BCUT2D eigenvalue weighted by atomic mass is 10.4. The van der Waals surface area contributed by atoms with Gasteiger partial charge < -0.3 is 5.32 Å². The molecule has 1 N–H and O–H groups in total. The summed E-state index contributed by atoms with van der Waals surface area (Å²) in [6.45, 7) is 3.81. The normalized spacial score (nSPS) is 10.9. The average Bonchev–Trinajstić information content (AvgIpc) is 2.83. The maximum Gasteiger partial charge on any atom is 0.138 e. The molecule has 16 heavy (non-hydrogen) atoms. The molecule has 0 aliphatic heterocycles. The molecule has 0 atom stereocenters. The Morgan fingerprint density at radius 1 is 1.44 bits per heavy atom. The SMILES string of the molecule is Cc1ncc(CNCCc2ncnn2C)s1. The van der Waals surface area contributed by atoms with Crippen LogP contribution in [0.1, 0.15) is 15.7 Å². The van der Waals surface area contributed by atoms with Gasteiger partial charge in [0, 0.05) is 37.6 Å². The monoisotopic (exact) mass is 237 g/mol. The van der Waals surface area contributed by atoms with E-state index in [0.29, 0.717) is 0 Å². The van der Waals surface area contributed by atoms with E-state index in [4.69, 9.17) is 0 Å². The van der Waals surface area contributed by atoms with E-state index in [1.165, 1.54) is 4.88 Å². The van der Waals surface area contributed by atoms with Crippen molar-refractivity contribution in [3.63, 3.8) is 0 Å². The number of nitrogens with zero attached hydrogens (tertiary/aromatic N) is 4. The van der Waals surface area contributed by atoms with Crippen molar-refractivity contribution in [3.05, 3.63) is 28.2 Å². The van der Waals surface area contributed by atoms with Crippen molar-refractivity contribution in [1.82, 2.24) is 25.1 Å². The molecule has 6 heteroatoms. The van der Waals surface area contributed by atoms with Crippen molar-refractivity contribution >= 4 is 11.3 Å². The van der Waals surface area contributed by atoms with Gasteiger partial charge in [-0.2, -0.15) is 5.10 Å². The van der Waals surface area contributed by atoms with Gasteiger partial charge in [0.2, 0.25) is 0 Å². The van der Waals surface area contributed by atoms with E-state index in [1.807, 2.05) is 20.2 Å². The van der Waals surface area contributed by atoms with Crippen molar-refractivity contribution in [3.8, 4) is 0 Å². The fourth-order valence-electron chi connectivity index (χ4n) is 1.45. The number of hydrogen-bond donors (Lipinski definition) is 1. The van der Waals surface area contributed by atoms with Gasteiger partial charge in [0.15, 0.2) is 0 Å². The van der Waals surface area contributed by atoms with Crippen LogP contribution in [0.15, 0.2) is 12.5 Å². The number of rotatable bonds is 5. The van der Waals surface area contributed by atoms with Crippen LogP contribution < -0.4 is 5.32 Å². The Morgan fingerprint density at radius 2 is 2.31 bits per heavy atom. The second-order valence-corrected chi connectivity index (χ2v) is 4.89. The van der Waals surface area contributed by atoms with Crippen LogP contribution in [-0.2, 0) is 20.0 Å². The summed E-state index contributed by atoms with van der Waals surface area (Å²) < 4.78 is 1.80. The highest BCUT2D eigenvalue weighted by atomic mass is 32.1. The van der Waals surface area contributed by atoms with Gasteiger partial charge in [-0.3, -0.25) is 4.68 Å². The molecule has 0 aliphatic rings. The Bertz CT molecular complexity index is 448. The maximum absolute atomic E-state index is 4.21. The van der Waals surface area contributed by atoms with Crippen LogP contribution in [0, 0.1) is 6.92 Å². The molecule has 0 spiro atoms. The molecule has 0 unspecified atom stereocenters. The van der Waals surface area contributed by atoms with E-state index in [-0.39, 0.29) is 0 Å². The molecule has 0 bridgehead atoms. The zero-order chi connectivity index (χ0) is 11.4. The minimum atomic E-state index is 0.878. The standard InChI is InChI=1S/C10H15N5S/c1-8-12-6-9(16-8)5-11-4-3-10-13-7-14-15(10)2/h6-7,11H,3-5H2,1-2H3. The third-order valence-corrected chi connectivity index (χ3v) is 3.21. The second-order valence-electron chi connectivity index (χ2n) is 3.57. The van der Waals surface area contributed by atoms with E-state index in [0.717, 1.165) is 30.3 Å². The molecule has 2 heterocycles. The smallest absolute Gasteiger partial charge is 0.138 e. The van der Waals surface area contributed by atoms with Crippen LogP contribution in [0.5, 0.6) is 0 Å². The molecule has 2 rings (SSSR count). The molecule has 0 aromatic carbocycles. The van der Waals surface area contributed by atoms with E-state index in [9.17, 15) is 0 Å². The Morgan fingerprint density at radius 3 is 2.94 bits per heavy atom. The third-order valence-electron chi connectivity index (χ3n) is 2.30. The van der Waals surface area contributed by atoms with E-state index in [2.05, 4.69) is 20.4 Å². The van der Waals surface area contributed by atoms with Gasteiger partial charge in [-0.05, 0) is 6.92 Å². The van der Waals surface area contributed by atoms with Crippen molar-refractivity contribution in [2.75, 3.05) is 6.54 Å². The molecule has 2 aromatic rings. The number of nitrogens with one attached hydrogen (secondary N) is 1. The summed E-state index contributed by atoms with van der Waals surface area (Å²) in [4.78, 5) is 9.65. The first kappa shape index (κ1) is 11.2. The van der Waals surface area contributed by atoms with Crippen molar-refractivity contribution in [1.29, 1.82) is 0 Å². The summed E-state index contributed by atoms with van der Waals surface area (Å²) >= 11 is 1.73. The van der Waals surface area contributed by atoms with E-state index < -0.39 is 0 Å². The number of hydrogen-bond acceptors (Lipinski definition) is 5. The highest BCUT2D eigenvalue weighted by molar-refractivity contribution is 7.11. The summed E-state index contributed by atoms with van der Waals surface area (Å²) in [7, 11) is 1.91. The minimum absolute atomic E-state index is 0.878. The second kappa shape index (κ2) is 5.18. The number of aromatic nitrogens is 4. The van der Waals surface area contributed by atoms with Crippen LogP contribution in [0.25, 0.3) is 0 Å². The van der Waals surface area contributed by atoms with Gasteiger partial charge in [-0.25, -0.2) is 9.97 Å². The fourth-order valence-corrected chi connectivity index (χ4v) is 2.21. The third kappa shape index (κ3) is 2.86. The molecule has 86 valence electrons. The lowest BCUT2D eigenvalue weighted by Crippen LogP contribution is -2.17. The van der Waals surface area contributed by atoms with Crippen LogP contribution in [0.4, 0.5) is 0 Å². The van der Waals surface area contributed by atoms with Gasteiger partial charge in [-0.1, -0.05) is 0 Å². The van der Waals surface area contributed by atoms with Gasteiger partial charge in [0.25, 0.3) is 0 Å². The van der Waals surface area contributed by atoms with Crippen LogP contribution in [0.3, 0.4) is 0 Å². The lowest BCUT2D eigenvalue weighted by molar-refractivity contribution is 0.636. The summed E-state index contributed by atoms with van der Waals surface area (Å²) in [6.07, 6.45) is 4.41. The van der Waals surface area contributed by atoms with Crippen molar-refractivity contribution in [2.24, 2.45) is 7.05 Å². The Labute approximate surface area is 98.5 Å². The topological polar surface area (TPSA) is 55.6 Å². The number of thiazole rings is 1.